The smallest absolute Gasteiger partial charge is 0.241 e. The molecule has 0 radical (unpaired) electrons. The third-order valence-electron chi connectivity index (χ3n) is 2.65. The monoisotopic (exact) mass is 254 g/mol. The van der Waals surface area contributed by atoms with Crippen molar-refractivity contribution in [3.05, 3.63) is 29.6 Å². The minimum Gasteiger partial charge on any atom is -0.385 e. The first kappa shape index (κ1) is 14.6. The molecule has 0 saturated heterocycles. The minimum atomic E-state index is -0.579. The Morgan fingerprint density at radius 3 is 2.89 bits per heavy atom. The molecular weight excluding hydrogens is 235 g/mol. The van der Waals surface area contributed by atoms with Crippen LogP contribution in [0.5, 0.6) is 0 Å². The van der Waals surface area contributed by atoms with Crippen LogP contribution in [0.25, 0.3) is 0 Å². The summed E-state index contributed by atoms with van der Waals surface area (Å²) < 4.78 is 17.8. The molecule has 4 nitrogen and oxygen atoms in total. The number of benzene rings is 1. The van der Waals surface area contributed by atoms with Crippen LogP contribution < -0.4 is 11.1 Å². The molecule has 0 heterocycles. The van der Waals surface area contributed by atoms with E-state index < -0.39 is 6.04 Å². The Labute approximate surface area is 106 Å². The lowest BCUT2D eigenvalue weighted by Crippen LogP contribution is -2.35. The van der Waals surface area contributed by atoms with Gasteiger partial charge in [0.2, 0.25) is 5.91 Å². The SMILES string of the molecule is COCCCC(N)C(=O)Nc1ccc(F)cc1C. The first-order valence-electron chi connectivity index (χ1n) is 5.86. The number of rotatable bonds is 6. The summed E-state index contributed by atoms with van der Waals surface area (Å²) >= 11 is 0. The lowest BCUT2D eigenvalue weighted by atomic mass is 10.1. The van der Waals surface area contributed by atoms with E-state index in [9.17, 15) is 9.18 Å². The Balaban J connectivity index is 2.53. The maximum atomic E-state index is 12.9. The number of carbonyl (C=O) groups excluding carboxylic acids is 1. The Morgan fingerprint density at radius 1 is 1.56 bits per heavy atom. The van der Waals surface area contributed by atoms with Crippen molar-refractivity contribution in [3.8, 4) is 0 Å². The van der Waals surface area contributed by atoms with Crippen molar-refractivity contribution in [1.82, 2.24) is 0 Å². The van der Waals surface area contributed by atoms with Crippen LogP contribution in [0.4, 0.5) is 10.1 Å². The number of hydrogen-bond acceptors (Lipinski definition) is 3. The van der Waals surface area contributed by atoms with Crippen molar-refractivity contribution >= 4 is 11.6 Å². The highest BCUT2D eigenvalue weighted by Gasteiger charge is 2.14. The summed E-state index contributed by atoms with van der Waals surface area (Å²) in [7, 11) is 1.60. The highest BCUT2D eigenvalue weighted by molar-refractivity contribution is 5.95. The molecule has 1 unspecified atom stereocenters. The zero-order valence-electron chi connectivity index (χ0n) is 10.7. The third-order valence-corrected chi connectivity index (χ3v) is 2.65. The Hall–Kier alpha value is -1.46. The molecule has 1 atom stereocenters. The molecule has 5 heteroatoms. The second-order valence-corrected chi connectivity index (χ2v) is 4.19. The summed E-state index contributed by atoms with van der Waals surface area (Å²) in [4.78, 5) is 11.8. The Morgan fingerprint density at radius 2 is 2.28 bits per heavy atom. The van der Waals surface area contributed by atoms with Crippen LogP contribution in [-0.2, 0) is 9.53 Å². The molecule has 100 valence electrons. The molecule has 0 aliphatic carbocycles. The van der Waals surface area contributed by atoms with Gasteiger partial charge in [-0.05, 0) is 43.5 Å². The number of aryl methyl sites for hydroxylation is 1. The number of nitrogens with two attached hydrogens (primary N) is 1. The average Bonchev–Trinajstić information content (AvgIpc) is 2.32. The van der Waals surface area contributed by atoms with Crippen LogP contribution in [0.15, 0.2) is 18.2 Å². The van der Waals surface area contributed by atoms with Gasteiger partial charge in [0, 0.05) is 19.4 Å². The quantitative estimate of drug-likeness (QED) is 0.761. The van der Waals surface area contributed by atoms with Gasteiger partial charge >= 0.3 is 0 Å². The van der Waals surface area contributed by atoms with E-state index in [1.807, 2.05) is 0 Å². The van der Waals surface area contributed by atoms with Gasteiger partial charge in [-0.15, -0.1) is 0 Å². The van der Waals surface area contributed by atoms with Crippen molar-refractivity contribution in [2.24, 2.45) is 5.73 Å². The van der Waals surface area contributed by atoms with Crippen molar-refractivity contribution < 1.29 is 13.9 Å². The van der Waals surface area contributed by atoms with E-state index in [1.165, 1.54) is 18.2 Å². The largest absolute Gasteiger partial charge is 0.385 e. The molecule has 1 aromatic carbocycles. The number of anilines is 1. The van der Waals surface area contributed by atoms with Gasteiger partial charge in [0.15, 0.2) is 0 Å². The van der Waals surface area contributed by atoms with E-state index in [0.717, 1.165) is 6.42 Å². The maximum Gasteiger partial charge on any atom is 0.241 e. The molecule has 0 fully saturated rings. The van der Waals surface area contributed by atoms with Crippen LogP contribution in [0.2, 0.25) is 0 Å². The lowest BCUT2D eigenvalue weighted by molar-refractivity contribution is -0.117. The predicted molar refractivity (Wildman–Crippen MR) is 68.9 cm³/mol. The molecule has 0 bridgehead atoms. The van der Waals surface area contributed by atoms with E-state index in [2.05, 4.69) is 5.32 Å². The topological polar surface area (TPSA) is 64.3 Å². The van der Waals surface area contributed by atoms with E-state index in [4.69, 9.17) is 10.5 Å². The third kappa shape index (κ3) is 4.43. The van der Waals surface area contributed by atoms with Gasteiger partial charge in [-0.25, -0.2) is 4.39 Å². The van der Waals surface area contributed by atoms with E-state index >= 15 is 0 Å². The van der Waals surface area contributed by atoms with Crippen molar-refractivity contribution in [2.45, 2.75) is 25.8 Å². The summed E-state index contributed by atoms with van der Waals surface area (Å²) in [6.07, 6.45) is 1.29. The average molecular weight is 254 g/mol. The highest BCUT2D eigenvalue weighted by atomic mass is 19.1. The van der Waals surface area contributed by atoms with Gasteiger partial charge in [0.1, 0.15) is 5.82 Å². The molecule has 1 rings (SSSR count). The summed E-state index contributed by atoms with van der Waals surface area (Å²) in [5.41, 5.74) is 7.00. The second kappa shape index (κ2) is 7.08. The van der Waals surface area contributed by atoms with Crippen molar-refractivity contribution in [1.29, 1.82) is 0 Å². The summed E-state index contributed by atoms with van der Waals surface area (Å²) in [6, 6.07) is 3.62. The van der Waals surface area contributed by atoms with Gasteiger partial charge in [-0.2, -0.15) is 0 Å². The van der Waals surface area contributed by atoms with Crippen molar-refractivity contribution in [2.75, 3.05) is 19.0 Å². The lowest BCUT2D eigenvalue weighted by Gasteiger charge is -2.13. The molecule has 0 spiro atoms. The molecule has 1 amide bonds. The number of amides is 1. The highest BCUT2D eigenvalue weighted by Crippen LogP contribution is 2.16. The van der Waals surface area contributed by atoms with Crippen LogP contribution in [0.1, 0.15) is 18.4 Å². The van der Waals surface area contributed by atoms with Gasteiger partial charge in [-0.3, -0.25) is 4.79 Å². The number of methoxy groups -OCH3 is 1. The number of nitrogens with one attached hydrogen (secondary N) is 1. The summed E-state index contributed by atoms with van der Waals surface area (Å²) in [5, 5.41) is 2.69. The van der Waals surface area contributed by atoms with Gasteiger partial charge in [-0.1, -0.05) is 0 Å². The Kier molecular flexibility index (Phi) is 5.74. The fourth-order valence-corrected chi connectivity index (χ4v) is 1.57. The molecule has 0 aromatic heterocycles. The van der Waals surface area contributed by atoms with Gasteiger partial charge < -0.3 is 15.8 Å². The fourth-order valence-electron chi connectivity index (χ4n) is 1.57. The van der Waals surface area contributed by atoms with E-state index in [1.54, 1.807) is 14.0 Å². The zero-order chi connectivity index (χ0) is 13.5. The summed E-state index contributed by atoms with van der Waals surface area (Å²) in [6.45, 7) is 2.31. The number of carbonyl (C=O) groups is 1. The molecule has 0 aliphatic heterocycles. The van der Waals surface area contributed by atoms with Crippen molar-refractivity contribution in [3.63, 3.8) is 0 Å². The number of ether oxygens (including phenoxy) is 1. The Bertz CT molecular complexity index is 410. The van der Waals surface area contributed by atoms with Gasteiger partial charge in [0.05, 0.1) is 6.04 Å². The number of halogens is 1. The molecule has 0 saturated carbocycles. The van der Waals surface area contributed by atoms with Crippen LogP contribution in [0.3, 0.4) is 0 Å². The first-order chi connectivity index (χ1) is 8.54. The van der Waals surface area contributed by atoms with E-state index in [0.29, 0.717) is 24.3 Å². The fraction of sp³-hybridized carbons (Fsp3) is 0.462. The second-order valence-electron chi connectivity index (χ2n) is 4.19. The van der Waals surface area contributed by atoms with Gasteiger partial charge in [0.25, 0.3) is 0 Å². The summed E-state index contributed by atoms with van der Waals surface area (Å²) in [5.74, 6) is -0.587. The molecule has 0 aliphatic rings. The minimum absolute atomic E-state index is 0.263. The molecule has 18 heavy (non-hydrogen) atoms. The molecule has 3 N–H and O–H groups in total. The van der Waals surface area contributed by atoms with E-state index in [-0.39, 0.29) is 11.7 Å². The normalized spacial score (nSPS) is 12.2. The maximum absolute atomic E-state index is 12.9. The first-order valence-corrected chi connectivity index (χ1v) is 5.86. The molecule has 1 aromatic rings. The number of hydrogen-bond donors (Lipinski definition) is 2. The standard InChI is InChI=1S/C13H19FN2O2/c1-9-8-10(14)5-6-12(9)16-13(17)11(15)4-3-7-18-2/h5-6,8,11H,3-4,7,15H2,1-2H3,(H,16,17). The zero-order valence-corrected chi connectivity index (χ0v) is 10.7. The van der Waals surface area contributed by atoms with Crippen LogP contribution in [-0.4, -0.2) is 25.7 Å². The van der Waals surface area contributed by atoms with Crippen LogP contribution >= 0.6 is 0 Å². The van der Waals surface area contributed by atoms with Crippen LogP contribution in [0, 0.1) is 12.7 Å². The molecular formula is C13H19FN2O2. The predicted octanol–water partition coefficient (Wildman–Crippen LogP) is 1.83.